The van der Waals surface area contributed by atoms with E-state index in [-0.39, 0.29) is 24.7 Å². The third-order valence-corrected chi connectivity index (χ3v) is 6.15. The summed E-state index contributed by atoms with van der Waals surface area (Å²) in [5, 5.41) is 13.6. The second-order valence-corrected chi connectivity index (χ2v) is 8.42. The van der Waals surface area contributed by atoms with Crippen molar-refractivity contribution in [3.63, 3.8) is 0 Å². The Bertz CT molecular complexity index is 768. The third-order valence-electron chi connectivity index (χ3n) is 6.15. The summed E-state index contributed by atoms with van der Waals surface area (Å²) in [5.74, 6) is 0.192. The molecule has 9 heteroatoms. The minimum Gasteiger partial charge on any atom is -0.297 e. The SMILES string of the molecule is Cc1nccc(CC(=O)[C@@H]2CCN(C)N2C(=O)[C@H](CC2CCCC2)CN(O)C=O)n1. The molecule has 0 unspecified atom stereocenters. The number of rotatable bonds is 9. The predicted molar refractivity (Wildman–Crippen MR) is 108 cm³/mol. The maximum atomic E-state index is 13.5. The number of amides is 2. The Balaban J connectivity index is 1.74. The molecule has 1 aliphatic carbocycles. The van der Waals surface area contributed by atoms with E-state index in [0.717, 1.165) is 25.7 Å². The summed E-state index contributed by atoms with van der Waals surface area (Å²) in [6.07, 6.45) is 7.65. The van der Waals surface area contributed by atoms with Gasteiger partial charge in [0.2, 0.25) is 12.3 Å². The number of aromatic nitrogens is 2. The van der Waals surface area contributed by atoms with Crippen molar-refractivity contribution >= 4 is 18.1 Å². The average Bonchev–Trinajstić information content (AvgIpc) is 3.36. The normalized spacial score (nSPS) is 21.0. The molecule has 1 aliphatic heterocycles. The van der Waals surface area contributed by atoms with Gasteiger partial charge in [-0.1, -0.05) is 25.7 Å². The number of hydroxylamine groups is 2. The van der Waals surface area contributed by atoms with Crippen molar-refractivity contribution in [2.75, 3.05) is 20.1 Å². The molecule has 0 aromatic carbocycles. The molecule has 1 saturated heterocycles. The first kappa shape index (κ1) is 22.3. The smallest absolute Gasteiger partial charge is 0.242 e. The van der Waals surface area contributed by atoms with Crippen LogP contribution in [0.2, 0.25) is 0 Å². The van der Waals surface area contributed by atoms with Crippen LogP contribution in [0, 0.1) is 18.8 Å². The number of hydrogen-bond acceptors (Lipinski definition) is 7. The van der Waals surface area contributed by atoms with Crippen LogP contribution >= 0.6 is 0 Å². The zero-order valence-electron chi connectivity index (χ0n) is 17.7. The molecule has 2 aliphatic rings. The van der Waals surface area contributed by atoms with Crippen LogP contribution in [0.25, 0.3) is 0 Å². The number of carbonyl (C=O) groups is 3. The largest absolute Gasteiger partial charge is 0.297 e. The lowest BCUT2D eigenvalue weighted by molar-refractivity contribution is -0.164. The van der Waals surface area contributed by atoms with Crippen molar-refractivity contribution in [2.45, 2.75) is 57.9 Å². The fourth-order valence-corrected chi connectivity index (χ4v) is 4.65. The Morgan fingerprint density at radius 1 is 1.33 bits per heavy atom. The lowest BCUT2D eigenvalue weighted by atomic mass is 9.91. The fraction of sp³-hybridized carbons (Fsp3) is 0.667. The Morgan fingerprint density at radius 3 is 2.73 bits per heavy atom. The van der Waals surface area contributed by atoms with E-state index in [9.17, 15) is 19.6 Å². The van der Waals surface area contributed by atoms with Gasteiger partial charge in [-0.25, -0.2) is 20.0 Å². The van der Waals surface area contributed by atoms with Gasteiger partial charge in [-0.15, -0.1) is 0 Å². The average molecular weight is 418 g/mol. The monoisotopic (exact) mass is 417 g/mol. The quantitative estimate of drug-likeness (QED) is 0.367. The minimum absolute atomic E-state index is 0.0603. The standard InChI is InChI=1S/C21H31N5O4/c1-15-22-9-7-18(23-15)12-20(28)19-8-10-24(2)26(19)21(29)17(13-25(30)14-27)11-16-5-3-4-6-16/h7,9,14,16-17,19,30H,3-6,8,10-13H2,1-2H3/t17-,19+/m1/s1. The van der Waals surface area contributed by atoms with Crippen molar-refractivity contribution < 1.29 is 19.6 Å². The van der Waals surface area contributed by atoms with E-state index in [0.29, 0.717) is 48.3 Å². The van der Waals surface area contributed by atoms with Gasteiger partial charge in [0.1, 0.15) is 11.9 Å². The van der Waals surface area contributed by atoms with Crippen molar-refractivity contribution in [1.82, 2.24) is 25.0 Å². The Kier molecular flexibility index (Phi) is 7.49. The van der Waals surface area contributed by atoms with E-state index in [2.05, 4.69) is 9.97 Å². The number of carbonyl (C=O) groups excluding carboxylic acids is 3. The maximum Gasteiger partial charge on any atom is 0.242 e. The highest BCUT2D eigenvalue weighted by atomic mass is 16.5. The third kappa shape index (κ3) is 5.40. The van der Waals surface area contributed by atoms with Crippen LogP contribution in [0.4, 0.5) is 0 Å². The number of ketones is 1. The molecule has 2 amide bonds. The number of Topliss-reactive ketones (excluding diaryl/α,β-unsaturated/α-hetero) is 1. The van der Waals surface area contributed by atoms with Crippen LogP contribution < -0.4 is 0 Å². The molecule has 1 N–H and O–H groups in total. The first-order valence-corrected chi connectivity index (χ1v) is 10.6. The van der Waals surface area contributed by atoms with Gasteiger partial charge in [-0.05, 0) is 31.7 Å². The molecule has 9 nitrogen and oxygen atoms in total. The van der Waals surface area contributed by atoms with E-state index in [1.807, 2.05) is 0 Å². The summed E-state index contributed by atoms with van der Waals surface area (Å²) in [4.78, 5) is 45.8. The number of nitrogens with zero attached hydrogens (tertiary/aromatic N) is 5. The molecule has 2 heterocycles. The van der Waals surface area contributed by atoms with Gasteiger partial charge >= 0.3 is 0 Å². The van der Waals surface area contributed by atoms with Crippen molar-refractivity contribution in [3.8, 4) is 0 Å². The van der Waals surface area contributed by atoms with Gasteiger partial charge in [0.05, 0.1) is 24.6 Å². The Hall–Kier alpha value is -2.39. The summed E-state index contributed by atoms with van der Waals surface area (Å²) in [6, 6.07) is 1.15. The fourth-order valence-electron chi connectivity index (χ4n) is 4.65. The summed E-state index contributed by atoms with van der Waals surface area (Å²) in [6.45, 7) is 2.31. The Labute approximate surface area is 177 Å². The molecule has 164 valence electrons. The second-order valence-electron chi connectivity index (χ2n) is 8.42. The van der Waals surface area contributed by atoms with Crippen molar-refractivity contribution in [1.29, 1.82) is 0 Å². The van der Waals surface area contributed by atoms with Crippen LogP contribution in [0.15, 0.2) is 12.3 Å². The zero-order valence-corrected chi connectivity index (χ0v) is 17.7. The highest BCUT2D eigenvalue weighted by Crippen LogP contribution is 2.32. The van der Waals surface area contributed by atoms with Crippen LogP contribution in [-0.2, 0) is 20.8 Å². The Morgan fingerprint density at radius 2 is 2.07 bits per heavy atom. The molecular weight excluding hydrogens is 386 g/mol. The summed E-state index contributed by atoms with van der Waals surface area (Å²) in [7, 11) is 1.79. The van der Waals surface area contributed by atoms with Crippen LogP contribution in [0.3, 0.4) is 0 Å². The predicted octanol–water partition coefficient (Wildman–Crippen LogP) is 1.39. The first-order chi connectivity index (χ1) is 14.4. The topological polar surface area (TPSA) is 107 Å². The summed E-state index contributed by atoms with van der Waals surface area (Å²) >= 11 is 0. The van der Waals surface area contributed by atoms with E-state index in [4.69, 9.17) is 0 Å². The number of hydrazine groups is 1. The summed E-state index contributed by atoms with van der Waals surface area (Å²) < 4.78 is 0. The molecule has 0 bridgehead atoms. The van der Waals surface area contributed by atoms with Crippen molar-refractivity contribution in [3.05, 3.63) is 23.8 Å². The van der Waals surface area contributed by atoms with Gasteiger partial charge < -0.3 is 0 Å². The van der Waals surface area contributed by atoms with Gasteiger partial charge in [0, 0.05) is 19.8 Å². The molecule has 1 saturated carbocycles. The first-order valence-electron chi connectivity index (χ1n) is 10.6. The van der Waals surface area contributed by atoms with Gasteiger partial charge in [-0.3, -0.25) is 24.6 Å². The molecular formula is C21H31N5O4. The lowest BCUT2D eigenvalue weighted by Gasteiger charge is -2.33. The molecule has 2 atom stereocenters. The highest BCUT2D eigenvalue weighted by molar-refractivity contribution is 5.91. The number of aryl methyl sites for hydroxylation is 1. The second kappa shape index (κ2) is 10.1. The van der Waals surface area contributed by atoms with Crippen molar-refractivity contribution in [2.24, 2.45) is 11.8 Å². The van der Waals surface area contributed by atoms with Gasteiger partial charge in [0.15, 0.2) is 5.78 Å². The lowest BCUT2D eigenvalue weighted by Crippen LogP contribution is -2.51. The van der Waals surface area contributed by atoms with Crippen LogP contribution in [-0.4, -0.2) is 74.5 Å². The van der Waals surface area contributed by atoms with Gasteiger partial charge in [-0.2, -0.15) is 0 Å². The number of hydrogen-bond donors (Lipinski definition) is 1. The van der Waals surface area contributed by atoms with E-state index in [1.54, 1.807) is 31.2 Å². The zero-order chi connectivity index (χ0) is 21.7. The molecule has 0 radical (unpaired) electrons. The maximum absolute atomic E-state index is 13.5. The van der Waals surface area contributed by atoms with Crippen LogP contribution in [0.5, 0.6) is 0 Å². The molecule has 0 spiro atoms. The highest BCUT2D eigenvalue weighted by Gasteiger charge is 2.41. The molecule has 1 aromatic rings. The van der Waals surface area contributed by atoms with E-state index >= 15 is 0 Å². The van der Waals surface area contributed by atoms with Gasteiger partial charge in [0.25, 0.3) is 0 Å². The van der Waals surface area contributed by atoms with E-state index < -0.39 is 12.0 Å². The molecule has 3 rings (SSSR count). The molecule has 2 fully saturated rings. The molecule has 30 heavy (non-hydrogen) atoms. The molecule has 1 aromatic heterocycles. The minimum atomic E-state index is -0.563. The summed E-state index contributed by atoms with van der Waals surface area (Å²) in [5.41, 5.74) is 0.638. The van der Waals surface area contributed by atoms with Crippen LogP contribution in [0.1, 0.15) is 50.0 Å². The van der Waals surface area contributed by atoms with E-state index in [1.165, 1.54) is 5.01 Å².